The first-order chi connectivity index (χ1) is 11.8. The first-order valence-corrected chi connectivity index (χ1v) is 9.17. The van der Waals surface area contributed by atoms with Gasteiger partial charge in [0, 0.05) is 19.1 Å². The predicted octanol–water partition coefficient (Wildman–Crippen LogP) is 2.36. The Hall–Kier alpha value is -1.43. The monoisotopic (exact) mass is 348 g/mol. The van der Waals surface area contributed by atoms with Crippen molar-refractivity contribution in [1.82, 2.24) is 10.2 Å². The van der Waals surface area contributed by atoms with Crippen molar-refractivity contribution in [2.24, 2.45) is 5.41 Å². The van der Waals surface area contributed by atoms with Crippen molar-refractivity contribution < 1.29 is 14.6 Å². The molecule has 5 heteroatoms. The zero-order valence-corrected chi connectivity index (χ0v) is 15.7. The van der Waals surface area contributed by atoms with Crippen molar-refractivity contribution in [1.29, 1.82) is 0 Å². The molecular formula is C20H32N2O3. The van der Waals surface area contributed by atoms with Crippen LogP contribution in [0.1, 0.15) is 45.3 Å². The summed E-state index contributed by atoms with van der Waals surface area (Å²) in [6, 6.07) is 9.70. The van der Waals surface area contributed by atoms with Gasteiger partial charge in [-0.3, -0.25) is 9.69 Å². The van der Waals surface area contributed by atoms with Crippen molar-refractivity contribution in [3.05, 3.63) is 35.9 Å². The van der Waals surface area contributed by atoms with E-state index in [1.165, 1.54) is 0 Å². The number of morpholine rings is 1. The molecule has 25 heavy (non-hydrogen) atoms. The Bertz CT molecular complexity index is 527. The van der Waals surface area contributed by atoms with Crippen LogP contribution in [-0.4, -0.2) is 54.8 Å². The Morgan fingerprint density at radius 1 is 1.36 bits per heavy atom. The van der Waals surface area contributed by atoms with Gasteiger partial charge in [-0.25, -0.2) is 0 Å². The second-order valence-electron chi connectivity index (χ2n) is 8.02. The second kappa shape index (κ2) is 9.32. The number of aliphatic hydroxyl groups is 1. The van der Waals surface area contributed by atoms with Crippen LogP contribution in [0.4, 0.5) is 0 Å². The van der Waals surface area contributed by atoms with Crippen molar-refractivity contribution in [2.45, 2.75) is 45.8 Å². The molecule has 1 fully saturated rings. The fraction of sp³-hybridized carbons (Fsp3) is 0.650. The maximum absolute atomic E-state index is 12.2. The highest BCUT2D eigenvalue weighted by atomic mass is 16.5. The maximum atomic E-state index is 12.2. The molecule has 5 nitrogen and oxygen atoms in total. The van der Waals surface area contributed by atoms with Crippen LogP contribution in [0.3, 0.4) is 0 Å². The molecule has 0 aliphatic carbocycles. The number of hydrogen-bond donors (Lipinski definition) is 2. The van der Waals surface area contributed by atoms with Gasteiger partial charge in [0.15, 0.2) is 0 Å². The standard InChI is InChI=1S/C20H32N2O3/c1-20(2,3)9-10-21-19(24)14-22-11-12-25-15-17(22)13-18(23)16-7-5-4-6-8-16/h4-8,17-18,23H,9-15H2,1-3H3,(H,21,24). The summed E-state index contributed by atoms with van der Waals surface area (Å²) in [6.07, 6.45) is 0.983. The predicted molar refractivity (Wildman–Crippen MR) is 99.3 cm³/mol. The van der Waals surface area contributed by atoms with Crippen LogP contribution in [0.25, 0.3) is 0 Å². The number of aliphatic hydroxyl groups excluding tert-OH is 1. The SMILES string of the molecule is CC(C)(C)CCNC(=O)CN1CCOCC1CC(O)c1ccccc1. The summed E-state index contributed by atoms with van der Waals surface area (Å²) in [4.78, 5) is 14.4. The molecule has 1 saturated heterocycles. The van der Waals surface area contributed by atoms with Crippen LogP contribution in [0.5, 0.6) is 0 Å². The van der Waals surface area contributed by atoms with E-state index < -0.39 is 6.10 Å². The fourth-order valence-electron chi connectivity index (χ4n) is 3.00. The summed E-state index contributed by atoms with van der Waals surface area (Å²) in [6.45, 7) is 9.47. The summed E-state index contributed by atoms with van der Waals surface area (Å²) < 4.78 is 5.57. The molecule has 0 bridgehead atoms. The average Bonchev–Trinajstić information content (AvgIpc) is 2.56. The van der Waals surface area contributed by atoms with E-state index in [9.17, 15) is 9.90 Å². The molecular weight excluding hydrogens is 316 g/mol. The lowest BCUT2D eigenvalue weighted by Gasteiger charge is -2.36. The Morgan fingerprint density at radius 2 is 2.08 bits per heavy atom. The third-order valence-electron chi connectivity index (χ3n) is 4.57. The van der Waals surface area contributed by atoms with E-state index in [1.54, 1.807) is 0 Å². The summed E-state index contributed by atoms with van der Waals surface area (Å²) in [5.74, 6) is 0.0466. The molecule has 2 N–H and O–H groups in total. The van der Waals surface area contributed by atoms with Gasteiger partial charge < -0.3 is 15.2 Å². The molecule has 140 valence electrons. The number of nitrogens with zero attached hydrogens (tertiary/aromatic N) is 1. The summed E-state index contributed by atoms with van der Waals surface area (Å²) >= 11 is 0. The third-order valence-corrected chi connectivity index (χ3v) is 4.57. The molecule has 1 amide bonds. The Balaban J connectivity index is 1.84. The molecule has 2 atom stereocenters. The topological polar surface area (TPSA) is 61.8 Å². The number of rotatable bonds is 7. The van der Waals surface area contributed by atoms with Crippen LogP contribution in [0, 0.1) is 5.41 Å². The number of amides is 1. The van der Waals surface area contributed by atoms with Gasteiger partial charge in [0.2, 0.25) is 5.91 Å². The Labute approximate surface area is 151 Å². The van der Waals surface area contributed by atoms with E-state index in [2.05, 4.69) is 31.0 Å². The van der Waals surface area contributed by atoms with E-state index in [1.807, 2.05) is 30.3 Å². The molecule has 1 aromatic rings. The van der Waals surface area contributed by atoms with Gasteiger partial charge in [0.1, 0.15) is 0 Å². The zero-order valence-electron chi connectivity index (χ0n) is 15.7. The molecule has 2 rings (SSSR count). The highest BCUT2D eigenvalue weighted by molar-refractivity contribution is 5.78. The van der Waals surface area contributed by atoms with Crippen molar-refractivity contribution in [2.75, 3.05) is 32.8 Å². The summed E-state index contributed by atoms with van der Waals surface area (Å²) in [7, 11) is 0. The van der Waals surface area contributed by atoms with E-state index in [-0.39, 0.29) is 17.4 Å². The van der Waals surface area contributed by atoms with Crippen molar-refractivity contribution in [3.8, 4) is 0 Å². The smallest absolute Gasteiger partial charge is 0.234 e. The molecule has 1 aromatic carbocycles. The minimum atomic E-state index is -0.542. The molecule has 2 unspecified atom stereocenters. The van der Waals surface area contributed by atoms with Crippen LogP contribution in [-0.2, 0) is 9.53 Å². The molecule has 0 radical (unpaired) electrons. The number of nitrogens with one attached hydrogen (secondary N) is 1. The van der Waals surface area contributed by atoms with Crippen LogP contribution in [0.2, 0.25) is 0 Å². The first-order valence-electron chi connectivity index (χ1n) is 9.17. The van der Waals surface area contributed by atoms with Crippen molar-refractivity contribution >= 4 is 5.91 Å². The molecule has 1 aliphatic heterocycles. The number of hydrogen-bond acceptors (Lipinski definition) is 4. The van der Waals surface area contributed by atoms with Crippen LogP contribution < -0.4 is 5.32 Å². The summed E-state index contributed by atoms with van der Waals surface area (Å²) in [5, 5.41) is 13.5. The quantitative estimate of drug-likeness (QED) is 0.794. The molecule has 0 aromatic heterocycles. The van der Waals surface area contributed by atoms with Crippen LogP contribution in [0.15, 0.2) is 30.3 Å². The number of carbonyl (C=O) groups excluding carboxylic acids is 1. The van der Waals surface area contributed by atoms with E-state index in [0.717, 1.165) is 18.5 Å². The number of benzene rings is 1. The van der Waals surface area contributed by atoms with Gasteiger partial charge in [-0.05, 0) is 23.8 Å². The minimum absolute atomic E-state index is 0.0466. The molecule has 1 heterocycles. The summed E-state index contributed by atoms with van der Waals surface area (Å²) in [5.41, 5.74) is 1.12. The lowest BCUT2D eigenvalue weighted by atomic mass is 9.92. The molecule has 1 aliphatic rings. The second-order valence-corrected chi connectivity index (χ2v) is 8.02. The van der Waals surface area contributed by atoms with Gasteiger partial charge in [-0.15, -0.1) is 0 Å². The largest absolute Gasteiger partial charge is 0.388 e. The van der Waals surface area contributed by atoms with E-state index >= 15 is 0 Å². The van der Waals surface area contributed by atoms with Crippen molar-refractivity contribution in [3.63, 3.8) is 0 Å². The average molecular weight is 348 g/mol. The van der Waals surface area contributed by atoms with Gasteiger partial charge in [0.25, 0.3) is 0 Å². The fourth-order valence-corrected chi connectivity index (χ4v) is 3.00. The Kier molecular flexibility index (Phi) is 7.41. The molecule has 0 saturated carbocycles. The Morgan fingerprint density at radius 3 is 2.76 bits per heavy atom. The van der Waals surface area contributed by atoms with Gasteiger partial charge >= 0.3 is 0 Å². The number of ether oxygens (including phenoxy) is 1. The third kappa shape index (κ3) is 7.14. The first kappa shape index (κ1) is 19.9. The molecule has 0 spiro atoms. The lowest BCUT2D eigenvalue weighted by Crippen LogP contribution is -2.50. The van der Waals surface area contributed by atoms with E-state index in [4.69, 9.17) is 4.74 Å². The van der Waals surface area contributed by atoms with Crippen LogP contribution >= 0.6 is 0 Å². The van der Waals surface area contributed by atoms with Gasteiger partial charge in [-0.2, -0.15) is 0 Å². The zero-order chi connectivity index (χ0) is 18.3. The minimum Gasteiger partial charge on any atom is -0.388 e. The number of carbonyl (C=O) groups is 1. The highest BCUT2D eigenvalue weighted by Gasteiger charge is 2.27. The van der Waals surface area contributed by atoms with Gasteiger partial charge in [0.05, 0.1) is 25.9 Å². The van der Waals surface area contributed by atoms with E-state index in [0.29, 0.717) is 32.7 Å². The lowest BCUT2D eigenvalue weighted by molar-refractivity contribution is -0.125. The highest BCUT2D eigenvalue weighted by Crippen LogP contribution is 2.22. The van der Waals surface area contributed by atoms with Gasteiger partial charge in [-0.1, -0.05) is 51.1 Å². The maximum Gasteiger partial charge on any atom is 0.234 e. The normalized spacial score (nSPS) is 20.2.